The molecule has 1 aliphatic heterocycles. The monoisotopic (exact) mass is 486 g/mol. The lowest BCUT2D eigenvalue weighted by molar-refractivity contribution is 0.0337. The molecule has 2 aromatic heterocycles. The van der Waals surface area contributed by atoms with Gasteiger partial charge in [-0.2, -0.15) is 4.98 Å². The van der Waals surface area contributed by atoms with Gasteiger partial charge in [-0.3, -0.25) is 9.69 Å². The third-order valence-electron chi connectivity index (χ3n) is 6.52. The van der Waals surface area contributed by atoms with Gasteiger partial charge in [0, 0.05) is 48.1 Å². The topological polar surface area (TPSA) is 83.8 Å². The SMILES string of the molecule is O=C(NC1CC1)c1ccc(Nc2nc3cccc(-c4ccc(CN5CCOCC5)c(F)c4)n3n2)cc1. The van der Waals surface area contributed by atoms with Crippen LogP contribution in [0.15, 0.2) is 60.7 Å². The molecule has 0 radical (unpaired) electrons. The molecule has 2 fully saturated rings. The Bertz CT molecular complexity index is 1390. The number of hydrogen-bond donors (Lipinski definition) is 2. The zero-order chi connectivity index (χ0) is 24.5. The first kappa shape index (κ1) is 22.6. The number of pyridine rings is 1. The lowest BCUT2D eigenvalue weighted by Gasteiger charge is -2.26. The fraction of sp³-hybridized carbons (Fsp3) is 0.296. The van der Waals surface area contributed by atoms with Gasteiger partial charge in [0.05, 0.1) is 18.9 Å². The number of rotatable bonds is 7. The fourth-order valence-corrected chi connectivity index (χ4v) is 4.34. The summed E-state index contributed by atoms with van der Waals surface area (Å²) in [5.41, 5.74) is 4.19. The van der Waals surface area contributed by atoms with Crippen molar-refractivity contribution in [2.24, 2.45) is 0 Å². The van der Waals surface area contributed by atoms with E-state index in [0.29, 0.717) is 48.5 Å². The van der Waals surface area contributed by atoms with Crippen molar-refractivity contribution in [1.29, 1.82) is 0 Å². The second-order valence-corrected chi connectivity index (χ2v) is 9.26. The van der Waals surface area contributed by atoms with Gasteiger partial charge in [-0.15, -0.1) is 5.10 Å². The molecule has 0 unspecified atom stereocenters. The summed E-state index contributed by atoms with van der Waals surface area (Å²) in [7, 11) is 0. The molecule has 2 N–H and O–H groups in total. The van der Waals surface area contributed by atoms with Crippen molar-refractivity contribution in [3.8, 4) is 11.3 Å². The Balaban J connectivity index is 1.20. The molecule has 0 spiro atoms. The fourth-order valence-electron chi connectivity index (χ4n) is 4.34. The minimum absolute atomic E-state index is 0.0530. The second kappa shape index (κ2) is 9.67. The van der Waals surface area contributed by atoms with Crippen LogP contribution >= 0.6 is 0 Å². The number of aromatic nitrogens is 3. The molecule has 184 valence electrons. The lowest BCUT2D eigenvalue weighted by Crippen LogP contribution is -2.35. The molecule has 0 atom stereocenters. The van der Waals surface area contributed by atoms with Crippen molar-refractivity contribution in [3.05, 3.63) is 77.6 Å². The van der Waals surface area contributed by atoms with Crippen LogP contribution in [0.25, 0.3) is 16.9 Å². The van der Waals surface area contributed by atoms with E-state index in [0.717, 1.165) is 42.9 Å². The predicted octanol–water partition coefficient (Wildman–Crippen LogP) is 4.00. The van der Waals surface area contributed by atoms with Crippen LogP contribution in [-0.4, -0.2) is 57.8 Å². The number of carbonyl (C=O) groups excluding carboxylic acids is 1. The van der Waals surface area contributed by atoms with Crippen molar-refractivity contribution in [1.82, 2.24) is 24.8 Å². The Labute approximate surface area is 208 Å². The van der Waals surface area contributed by atoms with Gasteiger partial charge in [0.25, 0.3) is 5.91 Å². The summed E-state index contributed by atoms with van der Waals surface area (Å²) < 4.78 is 22.1. The minimum Gasteiger partial charge on any atom is -0.379 e. The number of benzene rings is 2. The number of amides is 1. The second-order valence-electron chi connectivity index (χ2n) is 9.26. The summed E-state index contributed by atoms with van der Waals surface area (Å²) in [4.78, 5) is 19.0. The van der Waals surface area contributed by atoms with Crippen molar-refractivity contribution >= 4 is 23.2 Å². The summed E-state index contributed by atoms with van der Waals surface area (Å²) in [6.45, 7) is 3.56. The van der Waals surface area contributed by atoms with E-state index < -0.39 is 0 Å². The summed E-state index contributed by atoms with van der Waals surface area (Å²) in [5.74, 6) is 0.130. The van der Waals surface area contributed by atoms with Crippen molar-refractivity contribution in [2.45, 2.75) is 25.4 Å². The molecular weight excluding hydrogens is 459 g/mol. The predicted molar refractivity (Wildman–Crippen MR) is 135 cm³/mol. The summed E-state index contributed by atoms with van der Waals surface area (Å²) >= 11 is 0. The molecule has 1 aliphatic carbocycles. The van der Waals surface area contributed by atoms with Gasteiger partial charge < -0.3 is 15.4 Å². The van der Waals surface area contributed by atoms with E-state index >= 15 is 4.39 Å². The molecule has 9 heteroatoms. The van der Waals surface area contributed by atoms with Crippen LogP contribution in [-0.2, 0) is 11.3 Å². The Hall–Kier alpha value is -3.82. The van der Waals surface area contributed by atoms with Crippen LogP contribution in [0.3, 0.4) is 0 Å². The maximum atomic E-state index is 15.0. The molecule has 1 amide bonds. The van der Waals surface area contributed by atoms with E-state index in [4.69, 9.17) is 4.74 Å². The van der Waals surface area contributed by atoms with Crippen LogP contribution in [0.5, 0.6) is 0 Å². The van der Waals surface area contributed by atoms with E-state index in [1.165, 1.54) is 0 Å². The van der Waals surface area contributed by atoms with Crippen molar-refractivity contribution < 1.29 is 13.9 Å². The van der Waals surface area contributed by atoms with Gasteiger partial charge in [0.15, 0.2) is 5.65 Å². The molecule has 4 aromatic rings. The number of fused-ring (bicyclic) bond motifs is 1. The van der Waals surface area contributed by atoms with Crippen LogP contribution in [0, 0.1) is 5.82 Å². The van der Waals surface area contributed by atoms with Gasteiger partial charge in [0.2, 0.25) is 5.95 Å². The van der Waals surface area contributed by atoms with Gasteiger partial charge in [-0.05, 0) is 55.3 Å². The van der Waals surface area contributed by atoms with E-state index in [2.05, 4.69) is 25.6 Å². The number of hydrogen-bond acceptors (Lipinski definition) is 6. The van der Waals surface area contributed by atoms with Gasteiger partial charge in [-0.25, -0.2) is 8.91 Å². The highest BCUT2D eigenvalue weighted by atomic mass is 19.1. The highest BCUT2D eigenvalue weighted by molar-refractivity contribution is 5.95. The number of ether oxygens (including phenoxy) is 1. The average Bonchev–Trinajstić information content (AvgIpc) is 3.61. The van der Waals surface area contributed by atoms with E-state index in [1.54, 1.807) is 22.7 Å². The highest BCUT2D eigenvalue weighted by Gasteiger charge is 2.23. The van der Waals surface area contributed by atoms with Crippen LogP contribution in [0.4, 0.5) is 16.0 Å². The Kier molecular flexibility index (Phi) is 6.08. The molecule has 3 heterocycles. The third kappa shape index (κ3) is 4.93. The van der Waals surface area contributed by atoms with Gasteiger partial charge >= 0.3 is 0 Å². The first-order chi connectivity index (χ1) is 17.6. The lowest BCUT2D eigenvalue weighted by atomic mass is 10.1. The van der Waals surface area contributed by atoms with Crippen molar-refractivity contribution in [2.75, 3.05) is 31.6 Å². The third-order valence-corrected chi connectivity index (χ3v) is 6.52. The smallest absolute Gasteiger partial charge is 0.251 e. The number of morpholine rings is 1. The Morgan fingerprint density at radius 1 is 1.06 bits per heavy atom. The van der Waals surface area contributed by atoms with E-state index in [9.17, 15) is 4.79 Å². The zero-order valence-electron chi connectivity index (χ0n) is 19.8. The zero-order valence-corrected chi connectivity index (χ0v) is 19.8. The molecular formula is C27H27FN6O2. The van der Waals surface area contributed by atoms with Gasteiger partial charge in [0.1, 0.15) is 5.82 Å². The van der Waals surface area contributed by atoms with Crippen LogP contribution in [0.2, 0.25) is 0 Å². The average molecular weight is 487 g/mol. The molecule has 2 aliphatic rings. The van der Waals surface area contributed by atoms with E-state index in [-0.39, 0.29) is 11.7 Å². The van der Waals surface area contributed by atoms with Crippen molar-refractivity contribution in [3.63, 3.8) is 0 Å². The molecule has 36 heavy (non-hydrogen) atoms. The first-order valence-corrected chi connectivity index (χ1v) is 12.2. The number of carbonyl (C=O) groups is 1. The number of nitrogens with zero attached hydrogens (tertiary/aromatic N) is 4. The summed E-state index contributed by atoms with van der Waals surface area (Å²) in [6, 6.07) is 18.5. The largest absolute Gasteiger partial charge is 0.379 e. The molecule has 2 aromatic carbocycles. The molecule has 6 rings (SSSR count). The summed E-state index contributed by atoms with van der Waals surface area (Å²) in [5, 5.41) is 10.8. The first-order valence-electron chi connectivity index (χ1n) is 12.2. The Morgan fingerprint density at radius 2 is 1.86 bits per heavy atom. The van der Waals surface area contributed by atoms with Gasteiger partial charge in [-0.1, -0.05) is 18.2 Å². The minimum atomic E-state index is -0.236. The highest BCUT2D eigenvalue weighted by Crippen LogP contribution is 2.25. The standard InChI is InChI=1S/C27H27FN6O2/c28-23-16-19(4-5-20(23)17-33-12-14-36-15-13-33)24-2-1-3-25-31-27(32-34(24)25)30-22-8-6-18(7-9-22)26(35)29-21-10-11-21/h1-9,16,21H,10-15,17H2,(H,29,35)(H,30,32). The quantitative estimate of drug-likeness (QED) is 0.411. The maximum Gasteiger partial charge on any atom is 0.251 e. The normalized spacial score (nSPS) is 16.2. The molecule has 1 saturated carbocycles. The Morgan fingerprint density at radius 3 is 2.61 bits per heavy atom. The number of anilines is 2. The maximum absolute atomic E-state index is 15.0. The molecule has 1 saturated heterocycles. The van der Waals surface area contributed by atoms with E-state index in [1.807, 2.05) is 42.5 Å². The molecule has 0 bridgehead atoms. The number of nitrogens with one attached hydrogen (secondary N) is 2. The van der Waals surface area contributed by atoms with Crippen LogP contribution < -0.4 is 10.6 Å². The number of halogens is 1. The summed E-state index contributed by atoms with van der Waals surface area (Å²) in [6.07, 6.45) is 2.11. The molecule has 8 nitrogen and oxygen atoms in total. The van der Waals surface area contributed by atoms with Crippen LogP contribution in [0.1, 0.15) is 28.8 Å².